The third kappa shape index (κ3) is 5.25. The van der Waals surface area contributed by atoms with Crippen LogP contribution in [0.5, 0.6) is 0 Å². The third-order valence-corrected chi connectivity index (χ3v) is 4.37. The first-order valence-corrected chi connectivity index (χ1v) is 8.98. The lowest BCUT2D eigenvalue weighted by atomic mass is 10.0. The summed E-state index contributed by atoms with van der Waals surface area (Å²) >= 11 is 0. The molecular formula is C19H30N4O. The molecule has 0 aliphatic carbocycles. The molecule has 0 saturated carbocycles. The standard InChI is InChI=1S/C19H30N4O/c1-4-21-19(23-12-6-7-15(2)14-23)22-11-10-16-8-5-9-17(13-16)18(24)20-3/h5,8-9,13,15H,4,6-7,10-12,14H2,1-3H3,(H,20,24)(H,21,22). The zero-order valence-electron chi connectivity index (χ0n) is 15.1. The van der Waals surface area contributed by atoms with Gasteiger partial charge in [-0.2, -0.15) is 0 Å². The maximum atomic E-state index is 11.7. The van der Waals surface area contributed by atoms with Crippen molar-refractivity contribution in [3.8, 4) is 0 Å². The van der Waals surface area contributed by atoms with E-state index in [1.165, 1.54) is 12.8 Å². The zero-order valence-corrected chi connectivity index (χ0v) is 15.1. The summed E-state index contributed by atoms with van der Waals surface area (Å²) in [5, 5.41) is 6.07. The van der Waals surface area contributed by atoms with E-state index in [-0.39, 0.29) is 5.91 Å². The van der Waals surface area contributed by atoms with Crippen molar-refractivity contribution in [3.05, 3.63) is 35.4 Å². The van der Waals surface area contributed by atoms with E-state index in [9.17, 15) is 4.79 Å². The Morgan fingerprint density at radius 1 is 1.42 bits per heavy atom. The van der Waals surface area contributed by atoms with Crippen LogP contribution in [0.15, 0.2) is 29.3 Å². The second-order valence-corrected chi connectivity index (χ2v) is 6.46. The summed E-state index contributed by atoms with van der Waals surface area (Å²) in [5.41, 5.74) is 1.85. The number of guanidine groups is 1. The molecule has 0 aromatic heterocycles. The Balaban J connectivity index is 1.98. The highest BCUT2D eigenvalue weighted by molar-refractivity contribution is 5.94. The second kappa shape index (κ2) is 9.30. The van der Waals surface area contributed by atoms with Crippen LogP contribution in [0.4, 0.5) is 0 Å². The number of amides is 1. The fraction of sp³-hybridized carbons (Fsp3) is 0.579. The summed E-state index contributed by atoms with van der Waals surface area (Å²) in [5.74, 6) is 1.70. The molecule has 1 amide bonds. The second-order valence-electron chi connectivity index (χ2n) is 6.46. The number of likely N-dealkylation sites (tertiary alicyclic amines) is 1. The van der Waals surface area contributed by atoms with Crippen molar-refractivity contribution in [1.82, 2.24) is 15.5 Å². The van der Waals surface area contributed by atoms with Crippen LogP contribution in [-0.4, -0.2) is 50.0 Å². The molecule has 5 nitrogen and oxygen atoms in total. The van der Waals surface area contributed by atoms with Crippen molar-refractivity contribution in [2.24, 2.45) is 10.9 Å². The lowest BCUT2D eigenvalue weighted by Crippen LogP contribution is -2.46. The average Bonchev–Trinajstić information content (AvgIpc) is 2.60. The van der Waals surface area contributed by atoms with Gasteiger partial charge in [-0.3, -0.25) is 9.79 Å². The van der Waals surface area contributed by atoms with Crippen LogP contribution < -0.4 is 10.6 Å². The maximum Gasteiger partial charge on any atom is 0.251 e. The molecule has 1 saturated heterocycles. The van der Waals surface area contributed by atoms with E-state index >= 15 is 0 Å². The van der Waals surface area contributed by atoms with Gasteiger partial charge in [0.25, 0.3) is 5.91 Å². The molecule has 0 bridgehead atoms. The van der Waals surface area contributed by atoms with E-state index in [1.54, 1.807) is 7.05 Å². The molecule has 1 unspecified atom stereocenters. The highest BCUT2D eigenvalue weighted by atomic mass is 16.1. The molecule has 1 heterocycles. The molecule has 0 radical (unpaired) electrons. The lowest BCUT2D eigenvalue weighted by molar-refractivity contribution is 0.0963. The van der Waals surface area contributed by atoms with E-state index < -0.39 is 0 Å². The minimum absolute atomic E-state index is 0.0454. The Bertz CT molecular complexity index is 570. The van der Waals surface area contributed by atoms with Gasteiger partial charge in [-0.1, -0.05) is 19.1 Å². The Morgan fingerprint density at radius 3 is 2.96 bits per heavy atom. The molecule has 1 aromatic rings. The fourth-order valence-electron chi connectivity index (χ4n) is 3.11. The molecule has 2 N–H and O–H groups in total. The summed E-state index contributed by atoms with van der Waals surface area (Å²) < 4.78 is 0. The Morgan fingerprint density at radius 2 is 2.25 bits per heavy atom. The van der Waals surface area contributed by atoms with E-state index in [0.717, 1.165) is 50.0 Å². The summed E-state index contributed by atoms with van der Waals surface area (Å²) in [6.45, 7) is 8.19. The molecule has 2 rings (SSSR count). The molecule has 1 aliphatic heterocycles. The molecule has 1 aromatic carbocycles. The van der Waals surface area contributed by atoms with Gasteiger partial charge in [-0.15, -0.1) is 0 Å². The number of aliphatic imine (C=N–C) groups is 1. The number of hydrogen-bond donors (Lipinski definition) is 2. The van der Waals surface area contributed by atoms with E-state index in [0.29, 0.717) is 5.56 Å². The van der Waals surface area contributed by atoms with Crippen LogP contribution in [0.1, 0.15) is 42.6 Å². The smallest absolute Gasteiger partial charge is 0.251 e. The van der Waals surface area contributed by atoms with Gasteiger partial charge in [-0.05, 0) is 49.8 Å². The number of carbonyl (C=O) groups excluding carboxylic acids is 1. The largest absolute Gasteiger partial charge is 0.357 e. The van der Waals surface area contributed by atoms with Gasteiger partial charge < -0.3 is 15.5 Å². The average molecular weight is 330 g/mol. The molecule has 1 fully saturated rings. The van der Waals surface area contributed by atoms with E-state index in [2.05, 4.69) is 35.4 Å². The SMILES string of the molecule is CCNC(=NCCc1cccc(C(=O)NC)c1)N1CCCC(C)C1. The van der Waals surface area contributed by atoms with Crippen molar-refractivity contribution < 1.29 is 4.79 Å². The van der Waals surface area contributed by atoms with Crippen LogP contribution in [-0.2, 0) is 6.42 Å². The fourth-order valence-corrected chi connectivity index (χ4v) is 3.11. The van der Waals surface area contributed by atoms with Gasteiger partial charge in [0.1, 0.15) is 0 Å². The Hall–Kier alpha value is -2.04. The highest BCUT2D eigenvalue weighted by Gasteiger charge is 2.18. The molecule has 1 atom stereocenters. The van der Waals surface area contributed by atoms with Crippen LogP contribution in [0.25, 0.3) is 0 Å². The van der Waals surface area contributed by atoms with Crippen molar-refractivity contribution in [1.29, 1.82) is 0 Å². The number of nitrogens with one attached hydrogen (secondary N) is 2. The highest BCUT2D eigenvalue weighted by Crippen LogP contribution is 2.15. The first kappa shape index (κ1) is 18.3. The van der Waals surface area contributed by atoms with Gasteiger partial charge in [0, 0.05) is 38.8 Å². The quantitative estimate of drug-likeness (QED) is 0.643. The van der Waals surface area contributed by atoms with Crippen LogP contribution in [0.3, 0.4) is 0 Å². The number of hydrogen-bond acceptors (Lipinski definition) is 2. The third-order valence-electron chi connectivity index (χ3n) is 4.37. The monoisotopic (exact) mass is 330 g/mol. The lowest BCUT2D eigenvalue weighted by Gasteiger charge is -2.33. The first-order chi connectivity index (χ1) is 11.6. The van der Waals surface area contributed by atoms with E-state index in [1.807, 2.05) is 18.2 Å². The predicted molar refractivity (Wildman–Crippen MR) is 99.5 cm³/mol. The number of carbonyl (C=O) groups is 1. The molecular weight excluding hydrogens is 300 g/mol. The van der Waals surface area contributed by atoms with Crippen LogP contribution >= 0.6 is 0 Å². The number of benzene rings is 1. The molecule has 5 heteroatoms. The van der Waals surface area contributed by atoms with Crippen molar-refractivity contribution >= 4 is 11.9 Å². The molecule has 132 valence electrons. The topological polar surface area (TPSA) is 56.7 Å². The van der Waals surface area contributed by atoms with Crippen LogP contribution in [0.2, 0.25) is 0 Å². The van der Waals surface area contributed by atoms with Gasteiger partial charge in [0.05, 0.1) is 0 Å². The van der Waals surface area contributed by atoms with Gasteiger partial charge in [-0.25, -0.2) is 0 Å². The minimum Gasteiger partial charge on any atom is -0.357 e. The minimum atomic E-state index is -0.0454. The molecule has 24 heavy (non-hydrogen) atoms. The summed E-state index contributed by atoms with van der Waals surface area (Å²) in [7, 11) is 1.65. The molecule has 1 aliphatic rings. The maximum absolute atomic E-state index is 11.7. The summed E-state index contributed by atoms with van der Waals surface area (Å²) in [6, 6.07) is 7.77. The number of rotatable bonds is 5. The van der Waals surface area contributed by atoms with Crippen molar-refractivity contribution in [3.63, 3.8) is 0 Å². The van der Waals surface area contributed by atoms with Gasteiger partial charge in [0.15, 0.2) is 5.96 Å². The summed E-state index contributed by atoms with van der Waals surface area (Å²) in [4.78, 5) is 18.9. The first-order valence-electron chi connectivity index (χ1n) is 8.98. The van der Waals surface area contributed by atoms with Crippen molar-refractivity contribution in [2.75, 3.05) is 33.2 Å². The number of nitrogens with zero attached hydrogens (tertiary/aromatic N) is 2. The number of piperidine rings is 1. The Labute approximate surface area is 145 Å². The van der Waals surface area contributed by atoms with E-state index in [4.69, 9.17) is 4.99 Å². The van der Waals surface area contributed by atoms with Crippen molar-refractivity contribution in [2.45, 2.75) is 33.1 Å². The normalized spacial score (nSPS) is 18.4. The zero-order chi connectivity index (χ0) is 17.4. The summed E-state index contributed by atoms with van der Waals surface area (Å²) in [6.07, 6.45) is 3.38. The van der Waals surface area contributed by atoms with Gasteiger partial charge >= 0.3 is 0 Å². The molecule has 0 spiro atoms. The van der Waals surface area contributed by atoms with Gasteiger partial charge in [0.2, 0.25) is 0 Å². The Kier molecular flexibility index (Phi) is 7.09. The van der Waals surface area contributed by atoms with Crippen LogP contribution in [0, 0.1) is 5.92 Å². The predicted octanol–water partition coefficient (Wildman–Crippen LogP) is 2.29.